The van der Waals surface area contributed by atoms with E-state index >= 15 is 0 Å². The molecule has 0 saturated carbocycles. The summed E-state index contributed by atoms with van der Waals surface area (Å²) >= 11 is 0. The van der Waals surface area contributed by atoms with Crippen molar-refractivity contribution in [3.63, 3.8) is 0 Å². The molecule has 0 bridgehead atoms. The number of hydrogen-bond donors (Lipinski definition) is 0. The molecule has 2 unspecified atom stereocenters. The van der Waals surface area contributed by atoms with Crippen molar-refractivity contribution in [2.45, 2.75) is 39.0 Å². The Hall–Kier alpha value is -1.05. The average molecular weight is 220 g/mol. The molecule has 0 heterocycles. The van der Waals surface area contributed by atoms with E-state index in [1.807, 2.05) is 0 Å². The van der Waals surface area contributed by atoms with Gasteiger partial charge in [-0.3, -0.25) is 4.79 Å². The van der Waals surface area contributed by atoms with Crippen molar-refractivity contribution in [2.75, 3.05) is 7.11 Å². The number of ether oxygens (including phenoxy) is 1. The molecule has 0 aromatic rings. The maximum atomic E-state index is 11.9. The molecular formula is C14H20O2. The summed E-state index contributed by atoms with van der Waals surface area (Å²) in [6.07, 6.45) is 12.0. The van der Waals surface area contributed by atoms with Crippen LogP contribution in [0.5, 0.6) is 0 Å². The van der Waals surface area contributed by atoms with E-state index in [1.54, 1.807) is 0 Å². The minimum absolute atomic E-state index is 0.0269. The Bertz CT molecular complexity index is 341. The van der Waals surface area contributed by atoms with Gasteiger partial charge in [-0.2, -0.15) is 0 Å². The molecule has 0 fully saturated rings. The molecule has 2 aliphatic carbocycles. The van der Waals surface area contributed by atoms with Crippen LogP contribution in [-0.4, -0.2) is 13.1 Å². The molecule has 2 aliphatic rings. The Labute approximate surface area is 97.4 Å². The van der Waals surface area contributed by atoms with Gasteiger partial charge in [-0.1, -0.05) is 23.8 Å². The van der Waals surface area contributed by atoms with E-state index in [-0.39, 0.29) is 17.3 Å². The summed E-state index contributed by atoms with van der Waals surface area (Å²) in [7, 11) is 1.50. The van der Waals surface area contributed by atoms with Gasteiger partial charge in [0.05, 0.1) is 13.0 Å². The second-order valence-corrected chi connectivity index (χ2v) is 4.92. The molecule has 2 rings (SSSR count). The van der Waals surface area contributed by atoms with Crippen LogP contribution in [0.15, 0.2) is 23.8 Å². The van der Waals surface area contributed by atoms with E-state index in [9.17, 15) is 4.79 Å². The van der Waals surface area contributed by atoms with E-state index in [4.69, 9.17) is 4.74 Å². The standard InChI is InChI=1S/C14H20O2/c1-11-7-3-5-9-14(11)10-6-4-8-12(14)13(15)16-2/h4,6-7,12H,3,5,8-10H2,1-2H3. The minimum Gasteiger partial charge on any atom is -0.469 e. The molecule has 0 amide bonds. The number of esters is 1. The van der Waals surface area contributed by atoms with E-state index in [1.165, 1.54) is 19.1 Å². The first-order valence-electron chi connectivity index (χ1n) is 6.11. The second kappa shape index (κ2) is 4.44. The van der Waals surface area contributed by atoms with Crippen LogP contribution in [0.3, 0.4) is 0 Å². The maximum Gasteiger partial charge on any atom is 0.309 e. The molecule has 2 heteroatoms. The zero-order valence-corrected chi connectivity index (χ0v) is 10.2. The van der Waals surface area contributed by atoms with Gasteiger partial charge in [0.2, 0.25) is 0 Å². The van der Waals surface area contributed by atoms with Crippen LogP contribution < -0.4 is 0 Å². The predicted octanol–water partition coefficient (Wildman–Crippen LogP) is 3.24. The lowest BCUT2D eigenvalue weighted by Gasteiger charge is -2.43. The van der Waals surface area contributed by atoms with Gasteiger partial charge in [0, 0.05) is 5.41 Å². The van der Waals surface area contributed by atoms with Crippen LogP contribution in [0, 0.1) is 11.3 Å². The quantitative estimate of drug-likeness (QED) is 0.501. The molecule has 16 heavy (non-hydrogen) atoms. The summed E-state index contributed by atoms with van der Waals surface area (Å²) < 4.78 is 4.97. The Morgan fingerprint density at radius 2 is 2.31 bits per heavy atom. The number of rotatable bonds is 1. The second-order valence-electron chi connectivity index (χ2n) is 4.92. The fourth-order valence-electron chi connectivity index (χ4n) is 3.21. The fourth-order valence-corrected chi connectivity index (χ4v) is 3.21. The summed E-state index contributed by atoms with van der Waals surface area (Å²) in [5.41, 5.74) is 1.44. The molecular weight excluding hydrogens is 200 g/mol. The highest BCUT2D eigenvalue weighted by Crippen LogP contribution is 2.50. The number of allylic oxidation sites excluding steroid dienone is 4. The lowest BCUT2D eigenvalue weighted by Crippen LogP contribution is -2.40. The van der Waals surface area contributed by atoms with E-state index in [2.05, 4.69) is 25.2 Å². The molecule has 0 N–H and O–H groups in total. The van der Waals surface area contributed by atoms with E-state index in [0.29, 0.717) is 0 Å². The van der Waals surface area contributed by atoms with Crippen LogP contribution in [0.25, 0.3) is 0 Å². The average Bonchev–Trinajstić information content (AvgIpc) is 2.33. The number of methoxy groups -OCH3 is 1. The third-order valence-electron chi connectivity index (χ3n) is 4.24. The van der Waals surface area contributed by atoms with Crippen molar-refractivity contribution in [1.29, 1.82) is 0 Å². The third-order valence-corrected chi connectivity index (χ3v) is 4.24. The van der Waals surface area contributed by atoms with E-state index in [0.717, 1.165) is 25.7 Å². The van der Waals surface area contributed by atoms with Crippen molar-refractivity contribution in [3.8, 4) is 0 Å². The zero-order chi connectivity index (χ0) is 11.6. The zero-order valence-electron chi connectivity index (χ0n) is 10.2. The van der Waals surface area contributed by atoms with Crippen molar-refractivity contribution in [1.82, 2.24) is 0 Å². The summed E-state index contributed by atoms with van der Waals surface area (Å²) in [4.78, 5) is 11.9. The number of carbonyl (C=O) groups is 1. The monoisotopic (exact) mass is 220 g/mol. The van der Waals surface area contributed by atoms with Gasteiger partial charge in [-0.25, -0.2) is 0 Å². The molecule has 2 atom stereocenters. The molecule has 1 spiro atoms. The van der Waals surface area contributed by atoms with Gasteiger partial charge < -0.3 is 4.74 Å². The summed E-state index contributed by atoms with van der Waals surface area (Å²) in [5.74, 6) is -0.0157. The van der Waals surface area contributed by atoms with Crippen molar-refractivity contribution < 1.29 is 9.53 Å². The minimum atomic E-state index is -0.0426. The maximum absolute atomic E-state index is 11.9. The van der Waals surface area contributed by atoms with Crippen molar-refractivity contribution >= 4 is 5.97 Å². The normalized spacial score (nSPS) is 33.6. The van der Waals surface area contributed by atoms with Crippen molar-refractivity contribution in [2.24, 2.45) is 11.3 Å². The van der Waals surface area contributed by atoms with Gasteiger partial charge in [0.25, 0.3) is 0 Å². The first-order chi connectivity index (χ1) is 7.70. The van der Waals surface area contributed by atoms with Crippen LogP contribution in [0.4, 0.5) is 0 Å². The van der Waals surface area contributed by atoms with Gasteiger partial charge >= 0.3 is 5.97 Å². The smallest absolute Gasteiger partial charge is 0.309 e. The molecule has 0 aliphatic heterocycles. The summed E-state index contributed by atoms with van der Waals surface area (Å²) in [6.45, 7) is 2.17. The lowest BCUT2D eigenvalue weighted by molar-refractivity contribution is -0.150. The van der Waals surface area contributed by atoms with Crippen LogP contribution in [0.1, 0.15) is 39.0 Å². The fraction of sp³-hybridized carbons (Fsp3) is 0.643. The Balaban J connectivity index is 2.35. The highest BCUT2D eigenvalue weighted by molar-refractivity contribution is 5.74. The largest absolute Gasteiger partial charge is 0.469 e. The van der Waals surface area contributed by atoms with Gasteiger partial charge in [-0.15, -0.1) is 0 Å². The van der Waals surface area contributed by atoms with Gasteiger partial charge in [0.1, 0.15) is 0 Å². The Morgan fingerprint density at radius 3 is 3.00 bits per heavy atom. The first-order valence-corrected chi connectivity index (χ1v) is 6.11. The lowest BCUT2D eigenvalue weighted by atomic mass is 9.60. The Kier molecular flexibility index (Phi) is 3.17. The molecule has 0 aromatic heterocycles. The van der Waals surface area contributed by atoms with Gasteiger partial charge in [-0.05, 0) is 39.0 Å². The van der Waals surface area contributed by atoms with Crippen molar-refractivity contribution in [3.05, 3.63) is 23.8 Å². The predicted molar refractivity (Wildman–Crippen MR) is 63.9 cm³/mol. The van der Waals surface area contributed by atoms with Crippen LogP contribution >= 0.6 is 0 Å². The molecule has 0 radical (unpaired) electrons. The third kappa shape index (κ3) is 1.70. The summed E-state index contributed by atoms with van der Waals surface area (Å²) in [6, 6.07) is 0. The molecule has 0 aromatic carbocycles. The first kappa shape index (κ1) is 11.4. The highest BCUT2D eigenvalue weighted by Gasteiger charge is 2.45. The molecule has 2 nitrogen and oxygen atoms in total. The summed E-state index contributed by atoms with van der Waals surface area (Å²) in [5, 5.41) is 0. The van der Waals surface area contributed by atoms with Crippen LogP contribution in [0.2, 0.25) is 0 Å². The van der Waals surface area contributed by atoms with E-state index < -0.39 is 0 Å². The molecule has 88 valence electrons. The van der Waals surface area contributed by atoms with Crippen LogP contribution in [-0.2, 0) is 9.53 Å². The topological polar surface area (TPSA) is 26.3 Å². The number of hydrogen-bond acceptors (Lipinski definition) is 2. The SMILES string of the molecule is COC(=O)C1CC=CCC12CCCC=C2C. The Morgan fingerprint density at radius 1 is 1.50 bits per heavy atom. The number of carbonyl (C=O) groups excluding carboxylic acids is 1. The molecule has 0 saturated heterocycles. The van der Waals surface area contributed by atoms with Gasteiger partial charge in [0.15, 0.2) is 0 Å². The highest BCUT2D eigenvalue weighted by atomic mass is 16.5.